The van der Waals surface area contributed by atoms with Crippen molar-refractivity contribution in [1.29, 1.82) is 0 Å². The fourth-order valence-electron chi connectivity index (χ4n) is 7.11. The van der Waals surface area contributed by atoms with Crippen LogP contribution in [0, 0.1) is 0 Å². The molecule has 4 heterocycles. The average Bonchev–Trinajstić information content (AvgIpc) is 3.65. The van der Waals surface area contributed by atoms with Gasteiger partial charge < -0.3 is 43.7 Å². The summed E-state index contributed by atoms with van der Waals surface area (Å²) in [6.45, 7) is 0.164. The minimum absolute atomic E-state index is 0.0190. The van der Waals surface area contributed by atoms with Crippen LogP contribution in [0.2, 0.25) is 0 Å². The summed E-state index contributed by atoms with van der Waals surface area (Å²) in [5.74, 6) is 0.0297. The number of halogens is 2. The van der Waals surface area contributed by atoms with Gasteiger partial charge in [0.2, 0.25) is 5.91 Å². The summed E-state index contributed by atoms with van der Waals surface area (Å²) in [7, 11) is 0.138. The number of hydrogen-bond donors (Lipinski definition) is 2. The normalized spacial score (nSPS) is 23.4. The van der Waals surface area contributed by atoms with Crippen LogP contribution >= 0.6 is 7.14 Å². The topological polar surface area (TPSA) is 156 Å². The second-order valence-electron chi connectivity index (χ2n) is 13.2. The third kappa shape index (κ3) is 7.84. The third-order valence-electron chi connectivity index (χ3n) is 9.72. The van der Waals surface area contributed by atoms with Crippen LogP contribution < -0.4 is 24.3 Å². The predicted octanol–water partition coefficient (Wildman–Crippen LogP) is 4.46. The van der Waals surface area contributed by atoms with Crippen molar-refractivity contribution in [3.63, 3.8) is 0 Å². The van der Waals surface area contributed by atoms with E-state index in [1.165, 1.54) is 36.2 Å². The number of aliphatic hydroxyl groups excluding tert-OH is 1. The minimum Gasteiger partial charge on any atom is -0.493 e. The Morgan fingerprint density at radius 3 is 2.08 bits per heavy atom. The van der Waals surface area contributed by atoms with Crippen LogP contribution in [-0.2, 0) is 9.36 Å². The van der Waals surface area contributed by atoms with Crippen LogP contribution in [0.3, 0.4) is 0 Å². The molecule has 0 saturated carbocycles. The van der Waals surface area contributed by atoms with Gasteiger partial charge in [0.25, 0.3) is 11.8 Å². The smallest absolute Gasteiger partial charge is 0.256 e. The molecule has 276 valence electrons. The van der Waals surface area contributed by atoms with Crippen molar-refractivity contribution in [2.75, 3.05) is 70.9 Å². The number of methoxy groups -OCH3 is 2. The lowest BCUT2D eigenvalue weighted by Crippen LogP contribution is -2.40. The molecule has 3 amide bonds. The zero-order valence-corrected chi connectivity index (χ0v) is 29.5. The molecule has 6 rings (SSSR count). The van der Waals surface area contributed by atoms with E-state index < -0.39 is 43.4 Å². The van der Waals surface area contributed by atoms with Crippen LogP contribution in [0.4, 0.5) is 20.2 Å². The average molecular weight is 733 g/mol. The highest BCUT2D eigenvalue weighted by atomic mass is 31.2. The molecule has 5 unspecified atom stereocenters. The van der Waals surface area contributed by atoms with E-state index in [4.69, 9.17) is 18.9 Å². The SMILES string of the molecule is COc1cc2c(cc1OCCCP(=O)(CCCO)CCCOc1cc3c(cc1OC)C(=O)N1CC(F)CC1C(=O)N3)N=CC1CC(F)CN1C2=O. The molecule has 0 aliphatic carbocycles. The van der Waals surface area contributed by atoms with Gasteiger partial charge in [0.1, 0.15) is 18.4 Å². The van der Waals surface area contributed by atoms with E-state index >= 15 is 0 Å². The number of aliphatic hydroxyl groups is 1. The first-order chi connectivity index (χ1) is 24.5. The first-order valence-electron chi connectivity index (χ1n) is 17.2. The molecule has 0 aromatic heterocycles. The zero-order chi connectivity index (χ0) is 36.3. The van der Waals surface area contributed by atoms with E-state index in [1.807, 2.05) is 0 Å². The van der Waals surface area contributed by atoms with E-state index in [1.54, 1.807) is 18.3 Å². The monoisotopic (exact) mass is 732 g/mol. The molecule has 16 heteroatoms. The number of carbonyl (C=O) groups excluding carboxylic acids is 3. The predicted molar refractivity (Wildman–Crippen MR) is 186 cm³/mol. The van der Waals surface area contributed by atoms with Crippen molar-refractivity contribution in [2.24, 2.45) is 4.99 Å². The summed E-state index contributed by atoms with van der Waals surface area (Å²) >= 11 is 0. The highest BCUT2D eigenvalue weighted by Gasteiger charge is 2.43. The molecule has 4 aliphatic heterocycles. The number of nitrogens with one attached hydrogen (secondary N) is 1. The number of ether oxygens (including phenoxy) is 4. The Labute approximate surface area is 294 Å². The van der Waals surface area contributed by atoms with E-state index in [-0.39, 0.29) is 68.7 Å². The second-order valence-corrected chi connectivity index (χ2v) is 16.7. The van der Waals surface area contributed by atoms with E-state index in [0.29, 0.717) is 66.2 Å². The van der Waals surface area contributed by atoms with Gasteiger partial charge in [-0.05, 0) is 31.4 Å². The van der Waals surface area contributed by atoms with Gasteiger partial charge in [-0.15, -0.1) is 0 Å². The number of rotatable bonds is 15. The lowest BCUT2D eigenvalue weighted by molar-refractivity contribution is -0.119. The third-order valence-corrected chi connectivity index (χ3v) is 13.1. The van der Waals surface area contributed by atoms with E-state index in [2.05, 4.69) is 10.3 Å². The van der Waals surface area contributed by atoms with Gasteiger partial charge in [-0.1, -0.05) is 0 Å². The quantitative estimate of drug-likeness (QED) is 0.200. The Morgan fingerprint density at radius 2 is 1.41 bits per heavy atom. The minimum atomic E-state index is -2.75. The standard InChI is InChI=1S/C35H43F2N4O9P/c1-47-29-14-24-26(38-18-23-12-21(36)19-40(23)34(24)44)16-31(29)49-7-4-10-51(46,9-3-6-42)11-5-8-50-32-17-27-25(15-30(32)48-2)35(45)41-20-22(37)13-28(41)33(43)39-27/h14-18,21-23,28,42H,3-13,19-20H2,1-2H3,(H,39,43). The molecule has 0 spiro atoms. The van der Waals surface area contributed by atoms with Crippen LogP contribution in [0.15, 0.2) is 29.3 Å². The Morgan fingerprint density at radius 1 is 0.824 bits per heavy atom. The van der Waals surface area contributed by atoms with Crippen LogP contribution in [0.1, 0.15) is 52.8 Å². The number of fused-ring (bicyclic) bond motifs is 4. The van der Waals surface area contributed by atoms with Crippen molar-refractivity contribution >= 4 is 42.5 Å². The van der Waals surface area contributed by atoms with E-state index in [0.717, 1.165) is 0 Å². The summed E-state index contributed by atoms with van der Waals surface area (Å²) < 4.78 is 64.9. The number of carbonyl (C=O) groups is 3. The lowest BCUT2D eigenvalue weighted by atomic mass is 10.1. The van der Waals surface area contributed by atoms with Crippen molar-refractivity contribution < 1.29 is 51.8 Å². The maximum absolute atomic E-state index is 14.0. The summed E-state index contributed by atoms with van der Waals surface area (Å²) in [6.07, 6.45) is 1.72. The van der Waals surface area contributed by atoms with Gasteiger partial charge in [-0.25, -0.2) is 8.78 Å². The van der Waals surface area contributed by atoms with Crippen LogP contribution in [-0.4, -0.2) is 129 Å². The molecular formula is C35H43F2N4O9P. The number of anilines is 1. The van der Waals surface area contributed by atoms with Gasteiger partial charge in [0, 0.05) is 56.3 Å². The Hall–Kier alpha value is -4.23. The molecule has 2 saturated heterocycles. The molecule has 0 radical (unpaired) electrons. The number of nitrogens with zero attached hydrogens (tertiary/aromatic N) is 3. The summed E-state index contributed by atoms with van der Waals surface area (Å²) in [6, 6.07) is 4.88. The molecule has 2 aromatic carbocycles. The Balaban J connectivity index is 1.05. The van der Waals surface area contributed by atoms with Gasteiger partial charge in [-0.3, -0.25) is 19.4 Å². The first kappa shape index (κ1) is 36.6. The zero-order valence-electron chi connectivity index (χ0n) is 28.6. The maximum atomic E-state index is 14.0. The van der Waals surface area contributed by atoms with Crippen molar-refractivity contribution in [3.8, 4) is 23.0 Å². The number of benzene rings is 2. The molecule has 13 nitrogen and oxygen atoms in total. The summed E-state index contributed by atoms with van der Waals surface area (Å²) in [4.78, 5) is 46.3. The van der Waals surface area contributed by atoms with Gasteiger partial charge >= 0.3 is 0 Å². The number of aliphatic imine (C=N–C) groups is 1. The molecular weight excluding hydrogens is 689 g/mol. The second kappa shape index (κ2) is 15.6. The highest BCUT2D eigenvalue weighted by molar-refractivity contribution is 7.63. The summed E-state index contributed by atoms with van der Waals surface area (Å²) in [5, 5.41) is 12.2. The molecule has 2 N–H and O–H groups in total. The molecule has 51 heavy (non-hydrogen) atoms. The van der Waals surface area contributed by atoms with Crippen molar-refractivity contribution in [1.82, 2.24) is 9.80 Å². The van der Waals surface area contributed by atoms with E-state index in [9.17, 15) is 32.8 Å². The van der Waals surface area contributed by atoms with Gasteiger partial charge in [0.15, 0.2) is 23.0 Å². The molecule has 2 fully saturated rings. The fraction of sp³-hybridized carbons (Fsp3) is 0.543. The molecule has 0 bridgehead atoms. The molecule has 2 aromatic rings. The fourth-order valence-corrected chi connectivity index (χ4v) is 9.91. The Kier molecular flexibility index (Phi) is 11.2. The van der Waals surface area contributed by atoms with Crippen molar-refractivity contribution in [2.45, 2.75) is 56.5 Å². The van der Waals surface area contributed by atoms with Crippen LogP contribution in [0.25, 0.3) is 0 Å². The van der Waals surface area contributed by atoms with Crippen molar-refractivity contribution in [3.05, 3.63) is 35.4 Å². The molecule has 5 atom stereocenters. The van der Waals surface area contributed by atoms with Gasteiger partial charge in [0.05, 0.1) is 76.2 Å². The highest BCUT2D eigenvalue weighted by Crippen LogP contribution is 2.48. The Bertz CT molecular complexity index is 1740. The lowest BCUT2D eigenvalue weighted by Gasteiger charge is -2.21. The molecule has 4 aliphatic rings. The first-order valence-corrected chi connectivity index (χ1v) is 19.4. The maximum Gasteiger partial charge on any atom is 0.256 e. The van der Waals surface area contributed by atoms with Gasteiger partial charge in [-0.2, -0.15) is 0 Å². The number of amides is 3. The number of alkyl halides is 2. The number of hydrogen-bond acceptors (Lipinski definition) is 10. The van der Waals surface area contributed by atoms with Crippen LogP contribution in [0.5, 0.6) is 23.0 Å². The largest absolute Gasteiger partial charge is 0.493 e. The summed E-state index contributed by atoms with van der Waals surface area (Å²) in [5.41, 5.74) is 1.14.